The third kappa shape index (κ3) is 4.09. The molecule has 0 radical (unpaired) electrons. The van der Waals surface area contributed by atoms with Crippen LogP contribution in [0.5, 0.6) is 0 Å². The molecule has 1 aromatic heterocycles. The van der Waals surface area contributed by atoms with E-state index >= 15 is 0 Å². The van der Waals surface area contributed by atoms with E-state index in [0.29, 0.717) is 17.6 Å². The lowest BCUT2D eigenvalue weighted by Gasteiger charge is -2.04. The number of nitro groups is 1. The van der Waals surface area contributed by atoms with Gasteiger partial charge in [-0.1, -0.05) is 15.9 Å². The SMILES string of the molecule is Cc1csc(CNCc2cc(Br)cc([N+](=O)[O-])c2)n1. The summed E-state index contributed by atoms with van der Waals surface area (Å²) in [6, 6.07) is 4.94. The highest BCUT2D eigenvalue weighted by atomic mass is 79.9. The lowest BCUT2D eigenvalue weighted by molar-refractivity contribution is -0.385. The van der Waals surface area contributed by atoms with E-state index in [1.165, 1.54) is 6.07 Å². The van der Waals surface area contributed by atoms with Gasteiger partial charge in [-0.3, -0.25) is 10.1 Å². The van der Waals surface area contributed by atoms with Gasteiger partial charge >= 0.3 is 0 Å². The number of thiazole rings is 1. The van der Waals surface area contributed by atoms with E-state index in [-0.39, 0.29) is 5.69 Å². The van der Waals surface area contributed by atoms with Crippen molar-refractivity contribution >= 4 is 33.0 Å². The molecule has 0 atom stereocenters. The molecule has 1 heterocycles. The molecule has 100 valence electrons. The zero-order chi connectivity index (χ0) is 13.8. The number of nitrogens with one attached hydrogen (secondary N) is 1. The first-order valence-electron chi connectivity index (χ1n) is 5.60. The normalized spacial score (nSPS) is 10.6. The van der Waals surface area contributed by atoms with Gasteiger partial charge in [0.1, 0.15) is 5.01 Å². The van der Waals surface area contributed by atoms with Crippen molar-refractivity contribution in [3.8, 4) is 0 Å². The number of hydrogen-bond acceptors (Lipinski definition) is 5. The molecule has 1 aromatic carbocycles. The minimum Gasteiger partial charge on any atom is -0.306 e. The Bertz CT molecular complexity index is 600. The van der Waals surface area contributed by atoms with Gasteiger partial charge in [0.2, 0.25) is 0 Å². The topological polar surface area (TPSA) is 68.1 Å². The second-order valence-electron chi connectivity index (χ2n) is 4.06. The van der Waals surface area contributed by atoms with Gasteiger partial charge in [0.05, 0.1) is 4.92 Å². The number of nitrogens with zero attached hydrogens (tertiary/aromatic N) is 2. The summed E-state index contributed by atoms with van der Waals surface area (Å²) in [6.07, 6.45) is 0. The Morgan fingerprint density at radius 2 is 2.21 bits per heavy atom. The zero-order valence-electron chi connectivity index (χ0n) is 10.2. The molecule has 5 nitrogen and oxygen atoms in total. The molecular weight excluding hydrogens is 330 g/mol. The molecule has 0 aliphatic heterocycles. The van der Waals surface area contributed by atoms with Crippen LogP contribution >= 0.6 is 27.3 Å². The minimum atomic E-state index is -0.390. The second-order valence-corrected chi connectivity index (χ2v) is 5.92. The van der Waals surface area contributed by atoms with Gasteiger partial charge in [-0.15, -0.1) is 11.3 Å². The maximum atomic E-state index is 10.8. The Morgan fingerprint density at radius 3 is 2.84 bits per heavy atom. The molecule has 0 spiro atoms. The van der Waals surface area contributed by atoms with Crippen molar-refractivity contribution in [3.05, 3.63) is 54.4 Å². The number of aryl methyl sites for hydroxylation is 1. The standard InChI is InChI=1S/C12H12BrN3O2S/c1-8-7-19-12(15-8)6-14-5-9-2-10(13)4-11(3-9)16(17)18/h2-4,7,14H,5-6H2,1H3. The zero-order valence-corrected chi connectivity index (χ0v) is 12.6. The van der Waals surface area contributed by atoms with Crippen molar-refractivity contribution in [2.45, 2.75) is 20.0 Å². The fraction of sp³-hybridized carbons (Fsp3) is 0.250. The Kier molecular flexibility index (Phi) is 4.62. The summed E-state index contributed by atoms with van der Waals surface area (Å²) >= 11 is 4.88. The van der Waals surface area contributed by atoms with E-state index in [9.17, 15) is 10.1 Å². The van der Waals surface area contributed by atoms with Gasteiger partial charge in [0.25, 0.3) is 5.69 Å². The van der Waals surface area contributed by atoms with Gasteiger partial charge in [-0.2, -0.15) is 0 Å². The number of nitro benzene ring substituents is 1. The highest BCUT2D eigenvalue weighted by Gasteiger charge is 2.08. The third-order valence-corrected chi connectivity index (χ3v) is 3.85. The molecule has 0 saturated carbocycles. The van der Waals surface area contributed by atoms with Crippen LogP contribution in [-0.2, 0) is 13.1 Å². The molecule has 0 aliphatic carbocycles. The average Bonchev–Trinajstić information content (AvgIpc) is 2.74. The highest BCUT2D eigenvalue weighted by molar-refractivity contribution is 9.10. The van der Waals surface area contributed by atoms with Crippen LogP contribution in [0.25, 0.3) is 0 Å². The predicted molar refractivity (Wildman–Crippen MR) is 78.2 cm³/mol. The van der Waals surface area contributed by atoms with Gasteiger partial charge in [-0.05, 0) is 18.6 Å². The summed E-state index contributed by atoms with van der Waals surface area (Å²) in [4.78, 5) is 14.7. The highest BCUT2D eigenvalue weighted by Crippen LogP contribution is 2.21. The molecule has 0 bridgehead atoms. The van der Waals surface area contributed by atoms with Crippen LogP contribution in [0.4, 0.5) is 5.69 Å². The Labute approximate surface area is 123 Å². The van der Waals surface area contributed by atoms with Gasteiger partial charge in [-0.25, -0.2) is 4.98 Å². The van der Waals surface area contributed by atoms with Crippen LogP contribution in [0.15, 0.2) is 28.1 Å². The molecular formula is C12H12BrN3O2S. The quantitative estimate of drug-likeness (QED) is 0.668. The van der Waals surface area contributed by atoms with Crippen LogP contribution in [0.3, 0.4) is 0 Å². The summed E-state index contributed by atoms with van der Waals surface area (Å²) in [5, 5.41) is 17.0. The van der Waals surface area contributed by atoms with Crippen LogP contribution in [0.2, 0.25) is 0 Å². The van der Waals surface area contributed by atoms with Crippen molar-refractivity contribution in [2.75, 3.05) is 0 Å². The summed E-state index contributed by atoms with van der Waals surface area (Å²) in [6.45, 7) is 3.19. The Hall–Kier alpha value is -1.31. The molecule has 0 unspecified atom stereocenters. The molecule has 19 heavy (non-hydrogen) atoms. The Morgan fingerprint density at radius 1 is 1.42 bits per heavy atom. The van der Waals surface area contributed by atoms with Crippen LogP contribution < -0.4 is 5.32 Å². The predicted octanol–water partition coefficient (Wildman–Crippen LogP) is 3.41. The van der Waals surface area contributed by atoms with Crippen molar-refractivity contribution < 1.29 is 4.92 Å². The molecule has 0 aliphatic rings. The van der Waals surface area contributed by atoms with Crippen LogP contribution in [0.1, 0.15) is 16.3 Å². The van der Waals surface area contributed by atoms with Crippen LogP contribution in [-0.4, -0.2) is 9.91 Å². The summed E-state index contributed by atoms with van der Waals surface area (Å²) in [7, 11) is 0. The van der Waals surface area contributed by atoms with Crippen molar-refractivity contribution in [1.29, 1.82) is 0 Å². The van der Waals surface area contributed by atoms with E-state index in [2.05, 4.69) is 26.2 Å². The smallest absolute Gasteiger partial charge is 0.270 e. The lowest BCUT2D eigenvalue weighted by Crippen LogP contribution is -2.12. The summed E-state index contributed by atoms with van der Waals surface area (Å²) in [5.74, 6) is 0. The molecule has 1 N–H and O–H groups in total. The van der Waals surface area contributed by atoms with Gasteiger partial charge in [0, 0.05) is 40.8 Å². The molecule has 0 saturated heterocycles. The largest absolute Gasteiger partial charge is 0.306 e. The second kappa shape index (κ2) is 6.23. The number of benzene rings is 1. The minimum absolute atomic E-state index is 0.0938. The van der Waals surface area contributed by atoms with E-state index in [0.717, 1.165) is 16.3 Å². The average molecular weight is 342 g/mol. The third-order valence-electron chi connectivity index (χ3n) is 2.43. The van der Waals surface area contributed by atoms with Gasteiger partial charge < -0.3 is 5.32 Å². The number of hydrogen-bond donors (Lipinski definition) is 1. The van der Waals surface area contributed by atoms with Crippen LogP contribution in [0, 0.1) is 17.0 Å². The molecule has 2 rings (SSSR count). The number of aromatic nitrogens is 1. The first kappa shape index (κ1) is 14.1. The number of rotatable bonds is 5. The van der Waals surface area contributed by atoms with E-state index in [4.69, 9.17) is 0 Å². The molecule has 0 amide bonds. The fourth-order valence-corrected chi connectivity index (χ4v) is 2.91. The fourth-order valence-electron chi connectivity index (χ4n) is 1.64. The lowest BCUT2D eigenvalue weighted by atomic mass is 10.2. The van der Waals surface area contributed by atoms with E-state index in [1.54, 1.807) is 17.4 Å². The maximum absolute atomic E-state index is 10.8. The van der Waals surface area contributed by atoms with E-state index < -0.39 is 4.92 Å². The van der Waals surface area contributed by atoms with E-state index in [1.807, 2.05) is 18.4 Å². The van der Waals surface area contributed by atoms with Crippen molar-refractivity contribution in [2.24, 2.45) is 0 Å². The van der Waals surface area contributed by atoms with Crippen molar-refractivity contribution in [1.82, 2.24) is 10.3 Å². The first-order chi connectivity index (χ1) is 9.04. The summed E-state index contributed by atoms with van der Waals surface area (Å²) in [5.41, 5.74) is 1.98. The summed E-state index contributed by atoms with van der Waals surface area (Å²) < 4.78 is 0.712. The number of halogens is 1. The first-order valence-corrected chi connectivity index (χ1v) is 7.27. The van der Waals surface area contributed by atoms with Crippen molar-refractivity contribution in [3.63, 3.8) is 0 Å². The Balaban J connectivity index is 1.97. The monoisotopic (exact) mass is 341 g/mol. The maximum Gasteiger partial charge on any atom is 0.270 e. The number of non-ortho nitro benzene ring substituents is 1. The molecule has 0 fully saturated rings. The van der Waals surface area contributed by atoms with Gasteiger partial charge in [0.15, 0.2) is 0 Å². The molecule has 2 aromatic rings. The molecule has 7 heteroatoms.